The van der Waals surface area contributed by atoms with E-state index < -0.39 is 0 Å². The Morgan fingerprint density at radius 1 is 1.28 bits per heavy atom. The third kappa shape index (κ3) is 2.48. The SMILES string of the molecule is Clc1cc(Cl)c2oc(CNC3CCCC3)nc2c1. The maximum absolute atomic E-state index is 6.06. The van der Waals surface area contributed by atoms with Gasteiger partial charge in [-0.3, -0.25) is 0 Å². The van der Waals surface area contributed by atoms with Crippen molar-refractivity contribution >= 4 is 34.3 Å². The Hall–Kier alpha value is -0.770. The number of nitrogens with one attached hydrogen (secondary N) is 1. The van der Waals surface area contributed by atoms with Gasteiger partial charge in [-0.15, -0.1) is 0 Å². The second-order valence-electron chi connectivity index (χ2n) is 4.71. The highest BCUT2D eigenvalue weighted by atomic mass is 35.5. The zero-order chi connectivity index (χ0) is 12.5. The van der Waals surface area contributed by atoms with Crippen LogP contribution in [0.5, 0.6) is 0 Å². The minimum atomic E-state index is 0.511. The number of hydrogen-bond acceptors (Lipinski definition) is 3. The maximum Gasteiger partial charge on any atom is 0.209 e. The van der Waals surface area contributed by atoms with Gasteiger partial charge in [-0.05, 0) is 25.0 Å². The van der Waals surface area contributed by atoms with Crippen LogP contribution in [0, 0.1) is 0 Å². The quantitative estimate of drug-likeness (QED) is 0.919. The van der Waals surface area contributed by atoms with Crippen molar-refractivity contribution in [2.24, 2.45) is 0 Å². The van der Waals surface area contributed by atoms with Gasteiger partial charge in [0.25, 0.3) is 0 Å². The van der Waals surface area contributed by atoms with Crippen LogP contribution in [0.15, 0.2) is 16.5 Å². The maximum atomic E-state index is 6.06. The molecule has 0 radical (unpaired) electrons. The lowest BCUT2D eigenvalue weighted by molar-refractivity contribution is 0.450. The summed E-state index contributed by atoms with van der Waals surface area (Å²) in [6.45, 7) is 0.646. The number of benzene rings is 1. The molecule has 2 aromatic rings. The molecule has 0 bridgehead atoms. The van der Waals surface area contributed by atoms with E-state index in [2.05, 4.69) is 10.3 Å². The molecular formula is C13H14Cl2N2O. The summed E-state index contributed by atoms with van der Waals surface area (Å²) < 4.78 is 5.65. The molecule has 1 saturated carbocycles. The van der Waals surface area contributed by atoms with Gasteiger partial charge in [-0.25, -0.2) is 4.98 Å². The Kier molecular flexibility index (Phi) is 3.46. The van der Waals surface area contributed by atoms with E-state index in [0.29, 0.717) is 34.1 Å². The first-order valence-electron chi connectivity index (χ1n) is 6.20. The normalized spacial score (nSPS) is 16.8. The summed E-state index contributed by atoms with van der Waals surface area (Å²) in [7, 11) is 0. The van der Waals surface area contributed by atoms with Gasteiger partial charge in [0, 0.05) is 11.1 Å². The number of aromatic nitrogens is 1. The molecule has 1 aliphatic carbocycles. The van der Waals surface area contributed by atoms with Crippen molar-refractivity contribution in [2.45, 2.75) is 38.3 Å². The van der Waals surface area contributed by atoms with Gasteiger partial charge in [-0.2, -0.15) is 0 Å². The minimum absolute atomic E-state index is 0.511. The Balaban J connectivity index is 1.78. The fourth-order valence-electron chi connectivity index (χ4n) is 2.44. The number of nitrogens with zero attached hydrogens (tertiary/aromatic N) is 1. The number of halogens is 2. The third-order valence-corrected chi connectivity index (χ3v) is 3.85. The van der Waals surface area contributed by atoms with Gasteiger partial charge in [0.05, 0.1) is 11.6 Å². The summed E-state index contributed by atoms with van der Waals surface area (Å²) in [5, 5.41) is 4.55. The Labute approximate surface area is 115 Å². The molecule has 5 heteroatoms. The first kappa shape index (κ1) is 12.3. The average molecular weight is 285 g/mol. The predicted octanol–water partition coefficient (Wildman–Crippen LogP) is 4.17. The highest BCUT2D eigenvalue weighted by molar-refractivity contribution is 6.37. The molecule has 0 spiro atoms. The van der Waals surface area contributed by atoms with Crippen LogP contribution >= 0.6 is 23.2 Å². The molecule has 18 heavy (non-hydrogen) atoms. The van der Waals surface area contributed by atoms with Gasteiger partial charge in [0.2, 0.25) is 5.89 Å². The molecule has 3 rings (SSSR count). The van der Waals surface area contributed by atoms with E-state index in [9.17, 15) is 0 Å². The standard InChI is InChI=1S/C13H14Cl2N2O/c14-8-5-10(15)13-11(6-8)17-12(18-13)7-16-9-3-1-2-4-9/h5-6,9,16H,1-4,7H2. The number of rotatable bonds is 3. The summed E-state index contributed by atoms with van der Waals surface area (Å²) in [6.07, 6.45) is 5.11. The van der Waals surface area contributed by atoms with Gasteiger partial charge in [0.1, 0.15) is 5.52 Å². The van der Waals surface area contributed by atoms with Crippen LogP contribution in [-0.4, -0.2) is 11.0 Å². The van der Waals surface area contributed by atoms with Crippen molar-refractivity contribution in [3.05, 3.63) is 28.1 Å². The van der Waals surface area contributed by atoms with E-state index in [1.54, 1.807) is 12.1 Å². The molecule has 1 heterocycles. The summed E-state index contributed by atoms with van der Waals surface area (Å²) in [6, 6.07) is 4.04. The Morgan fingerprint density at radius 3 is 2.83 bits per heavy atom. The third-order valence-electron chi connectivity index (χ3n) is 3.35. The zero-order valence-electron chi connectivity index (χ0n) is 9.88. The molecule has 0 amide bonds. The van der Waals surface area contributed by atoms with Crippen molar-refractivity contribution in [1.29, 1.82) is 0 Å². The van der Waals surface area contributed by atoms with E-state index >= 15 is 0 Å². The summed E-state index contributed by atoms with van der Waals surface area (Å²) in [5.74, 6) is 0.668. The molecule has 0 unspecified atom stereocenters. The van der Waals surface area contributed by atoms with E-state index in [0.717, 1.165) is 5.52 Å². The van der Waals surface area contributed by atoms with E-state index in [-0.39, 0.29) is 0 Å². The Morgan fingerprint density at radius 2 is 2.06 bits per heavy atom. The molecule has 0 saturated heterocycles. The van der Waals surface area contributed by atoms with Crippen LogP contribution in [0.2, 0.25) is 10.0 Å². The number of hydrogen-bond donors (Lipinski definition) is 1. The topological polar surface area (TPSA) is 38.1 Å². The highest BCUT2D eigenvalue weighted by Gasteiger charge is 2.16. The van der Waals surface area contributed by atoms with Crippen LogP contribution in [0.25, 0.3) is 11.1 Å². The minimum Gasteiger partial charge on any atom is -0.438 e. The molecule has 1 fully saturated rings. The summed E-state index contributed by atoms with van der Waals surface area (Å²) >= 11 is 12.0. The van der Waals surface area contributed by atoms with Gasteiger partial charge < -0.3 is 9.73 Å². The van der Waals surface area contributed by atoms with Crippen molar-refractivity contribution in [1.82, 2.24) is 10.3 Å². The lowest BCUT2D eigenvalue weighted by atomic mass is 10.2. The molecule has 1 aromatic carbocycles. The van der Waals surface area contributed by atoms with Gasteiger partial charge >= 0.3 is 0 Å². The van der Waals surface area contributed by atoms with Crippen LogP contribution in [0.1, 0.15) is 31.6 Å². The smallest absolute Gasteiger partial charge is 0.209 e. The molecule has 1 aromatic heterocycles. The van der Waals surface area contributed by atoms with Crippen LogP contribution in [0.3, 0.4) is 0 Å². The van der Waals surface area contributed by atoms with Crippen molar-refractivity contribution in [2.75, 3.05) is 0 Å². The molecule has 0 aliphatic heterocycles. The second kappa shape index (κ2) is 5.08. The lowest BCUT2D eigenvalue weighted by Gasteiger charge is -2.08. The first-order chi connectivity index (χ1) is 8.72. The van der Waals surface area contributed by atoms with Gasteiger partial charge in [0.15, 0.2) is 5.58 Å². The first-order valence-corrected chi connectivity index (χ1v) is 6.96. The second-order valence-corrected chi connectivity index (χ2v) is 5.55. The largest absolute Gasteiger partial charge is 0.438 e. The van der Waals surface area contributed by atoms with E-state index in [4.69, 9.17) is 27.6 Å². The van der Waals surface area contributed by atoms with Crippen molar-refractivity contribution < 1.29 is 4.42 Å². The Bertz CT molecular complexity index is 561. The number of oxazole rings is 1. The highest BCUT2D eigenvalue weighted by Crippen LogP contribution is 2.28. The van der Waals surface area contributed by atoms with Crippen LogP contribution < -0.4 is 5.32 Å². The van der Waals surface area contributed by atoms with Crippen molar-refractivity contribution in [3.63, 3.8) is 0 Å². The molecular weight excluding hydrogens is 271 g/mol. The fraction of sp³-hybridized carbons (Fsp3) is 0.462. The van der Waals surface area contributed by atoms with E-state index in [1.165, 1.54) is 25.7 Å². The van der Waals surface area contributed by atoms with Gasteiger partial charge in [-0.1, -0.05) is 36.0 Å². The molecule has 3 nitrogen and oxygen atoms in total. The predicted molar refractivity (Wildman–Crippen MR) is 73.1 cm³/mol. The lowest BCUT2D eigenvalue weighted by Crippen LogP contribution is -2.25. The van der Waals surface area contributed by atoms with Crippen molar-refractivity contribution in [3.8, 4) is 0 Å². The monoisotopic (exact) mass is 284 g/mol. The molecule has 1 N–H and O–H groups in total. The molecule has 1 aliphatic rings. The average Bonchev–Trinajstić information content (AvgIpc) is 2.93. The fourth-order valence-corrected chi connectivity index (χ4v) is 2.96. The van der Waals surface area contributed by atoms with Crippen LogP contribution in [0.4, 0.5) is 0 Å². The van der Waals surface area contributed by atoms with E-state index in [1.807, 2.05) is 0 Å². The molecule has 0 atom stereocenters. The van der Waals surface area contributed by atoms with Crippen LogP contribution in [-0.2, 0) is 6.54 Å². The summed E-state index contributed by atoms with van der Waals surface area (Å²) in [5.41, 5.74) is 1.33. The molecule has 96 valence electrons. The summed E-state index contributed by atoms with van der Waals surface area (Å²) in [4.78, 5) is 4.40. The number of fused-ring (bicyclic) bond motifs is 1. The zero-order valence-corrected chi connectivity index (χ0v) is 11.4.